The monoisotopic (exact) mass is 383 g/mol. The Balaban J connectivity index is 2.08. The van der Waals surface area contributed by atoms with Crippen molar-refractivity contribution < 1.29 is 31.5 Å². The van der Waals surface area contributed by atoms with Gasteiger partial charge in [-0.15, -0.1) is 0 Å². The van der Waals surface area contributed by atoms with Crippen LogP contribution in [0.5, 0.6) is 0 Å². The van der Waals surface area contributed by atoms with Crippen LogP contribution in [0.25, 0.3) is 0 Å². The van der Waals surface area contributed by atoms with Crippen LogP contribution in [0.3, 0.4) is 0 Å². The summed E-state index contributed by atoms with van der Waals surface area (Å²) < 4.78 is 57.0. The van der Waals surface area contributed by atoms with E-state index in [1.165, 1.54) is 18.2 Å². The zero-order chi connectivity index (χ0) is 19.3. The average molecular weight is 383 g/mol. The first-order valence-corrected chi connectivity index (χ1v) is 8.98. The van der Waals surface area contributed by atoms with Gasteiger partial charge in [-0.25, -0.2) is 26.7 Å². The molecule has 2 aromatic rings. The first kappa shape index (κ1) is 19.7. The minimum atomic E-state index is -3.75. The summed E-state index contributed by atoms with van der Waals surface area (Å²) in [6.07, 6.45) is 0. The lowest BCUT2D eigenvalue weighted by atomic mass is 10.1. The van der Waals surface area contributed by atoms with Crippen LogP contribution >= 0.6 is 0 Å². The zero-order valence-electron chi connectivity index (χ0n) is 13.7. The number of carbonyl (C=O) groups excluding carboxylic acids is 2. The number of benzene rings is 2. The van der Waals surface area contributed by atoms with E-state index in [1.54, 1.807) is 6.92 Å². The van der Waals surface area contributed by atoms with Gasteiger partial charge in [0, 0.05) is 12.1 Å². The third kappa shape index (κ3) is 4.70. The summed E-state index contributed by atoms with van der Waals surface area (Å²) in [6.45, 7) is 1.09. The summed E-state index contributed by atoms with van der Waals surface area (Å²) in [5.74, 6) is -3.94. The minimum Gasteiger partial charge on any atom is -0.454 e. The number of halogens is 2. The molecule has 2 aromatic carbocycles. The van der Waals surface area contributed by atoms with E-state index in [4.69, 9.17) is 4.74 Å². The third-order valence-corrected chi connectivity index (χ3v) is 4.83. The number of ketones is 1. The van der Waals surface area contributed by atoms with Gasteiger partial charge in [-0.2, -0.15) is 0 Å². The summed E-state index contributed by atoms with van der Waals surface area (Å²) in [6, 6.07) is 7.67. The van der Waals surface area contributed by atoms with Crippen molar-refractivity contribution in [2.75, 3.05) is 13.2 Å². The van der Waals surface area contributed by atoms with Crippen LogP contribution in [0.15, 0.2) is 47.4 Å². The van der Waals surface area contributed by atoms with E-state index in [0.29, 0.717) is 6.07 Å². The summed E-state index contributed by atoms with van der Waals surface area (Å²) in [7, 11) is -3.75. The number of Topliss-reactive ketones (excluding diaryl/α,β-unsaturated/α-hetero) is 1. The van der Waals surface area contributed by atoms with Crippen LogP contribution in [-0.2, 0) is 14.8 Å². The molecule has 26 heavy (non-hydrogen) atoms. The average Bonchev–Trinajstić information content (AvgIpc) is 2.61. The molecule has 0 bridgehead atoms. The number of esters is 1. The molecule has 0 fully saturated rings. The molecule has 0 aliphatic rings. The van der Waals surface area contributed by atoms with Gasteiger partial charge in [0.2, 0.25) is 10.0 Å². The number of carbonyl (C=O) groups is 2. The lowest BCUT2D eigenvalue weighted by Crippen LogP contribution is -2.23. The molecule has 0 radical (unpaired) electrons. The maximum Gasteiger partial charge on any atom is 0.338 e. The Bertz CT molecular complexity index is 944. The van der Waals surface area contributed by atoms with Gasteiger partial charge in [-0.1, -0.05) is 13.0 Å². The topological polar surface area (TPSA) is 89.5 Å². The molecule has 0 amide bonds. The second kappa shape index (κ2) is 8.15. The van der Waals surface area contributed by atoms with Crippen LogP contribution < -0.4 is 4.72 Å². The van der Waals surface area contributed by atoms with Gasteiger partial charge in [0.15, 0.2) is 24.0 Å². The molecule has 2 rings (SSSR count). The number of rotatable bonds is 7. The van der Waals surface area contributed by atoms with Crippen molar-refractivity contribution in [3.8, 4) is 0 Å². The van der Waals surface area contributed by atoms with E-state index >= 15 is 0 Å². The third-order valence-electron chi connectivity index (χ3n) is 3.29. The molecule has 0 aromatic heterocycles. The lowest BCUT2D eigenvalue weighted by molar-refractivity contribution is 0.0474. The number of sulfonamides is 1. The molecule has 0 saturated carbocycles. The van der Waals surface area contributed by atoms with Crippen LogP contribution in [0, 0.1) is 11.6 Å². The van der Waals surface area contributed by atoms with Gasteiger partial charge in [0.1, 0.15) is 0 Å². The van der Waals surface area contributed by atoms with Gasteiger partial charge in [0.25, 0.3) is 0 Å². The Morgan fingerprint density at radius 3 is 2.42 bits per heavy atom. The van der Waals surface area contributed by atoms with Crippen molar-refractivity contribution in [3.63, 3.8) is 0 Å². The normalized spacial score (nSPS) is 11.2. The molecule has 0 heterocycles. The van der Waals surface area contributed by atoms with Crippen LogP contribution in [-0.4, -0.2) is 33.3 Å². The Morgan fingerprint density at radius 1 is 1.04 bits per heavy atom. The lowest BCUT2D eigenvalue weighted by Gasteiger charge is -2.07. The molecule has 9 heteroatoms. The molecule has 1 N–H and O–H groups in total. The van der Waals surface area contributed by atoms with E-state index in [2.05, 4.69) is 4.72 Å². The SMILES string of the molecule is CCNS(=O)(=O)c1cccc(C(=O)OCC(=O)c2ccc(F)c(F)c2)c1. The van der Waals surface area contributed by atoms with E-state index in [-0.39, 0.29) is 22.6 Å². The number of hydrogen-bond donors (Lipinski definition) is 1. The predicted molar refractivity (Wildman–Crippen MR) is 88.3 cm³/mol. The van der Waals surface area contributed by atoms with Crippen LogP contribution in [0.1, 0.15) is 27.6 Å². The van der Waals surface area contributed by atoms with Gasteiger partial charge in [0.05, 0.1) is 10.5 Å². The smallest absolute Gasteiger partial charge is 0.338 e. The molecule has 6 nitrogen and oxygen atoms in total. The van der Waals surface area contributed by atoms with Crippen molar-refractivity contribution in [1.29, 1.82) is 0 Å². The fourth-order valence-corrected chi connectivity index (χ4v) is 3.12. The predicted octanol–water partition coefficient (Wildman–Crippen LogP) is 2.30. The van der Waals surface area contributed by atoms with Gasteiger partial charge >= 0.3 is 5.97 Å². The zero-order valence-corrected chi connectivity index (χ0v) is 14.5. The highest BCUT2D eigenvalue weighted by molar-refractivity contribution is 7.89. The van der Waals surface area contributed by atoms with Crippen molar-refractivity contribution >= 4 is 21.8 Å². The van der Waals surface area contributed by atoms with E-state index < -0.39 is 40.0 Å². The van der Waals surface area contributed by atoms with E-state index in [0.717, 1.165) is 18.2 Å². The maximum absolute atomic E-state index is 13.1. The molecule has 0 unspecified atom stereocenters. The molecule has 0 aliphatic carbocycles. The van der Waals surface area contributed by atoms with Gasteiger partial charge in [-0.3, -0.25) is 4.79 Å². The molecule has 0 aliphatic heterocycles. The number of ether oxygens (including phenoxy) is 1. The van der Waals surface area contributed by atoms with Crippen molar-refractivity contribution in [3.05, 3.63) is 65.2 Å². The van der Waals surface area contributed by atoms with E-state index in [9.17, 15) is 26.8 Å². The molecule has 138 valence electrons. The maximum atomic E-state index is 13.1. The highest BCUT2D eigenvalue weighted by Gasteiger charge is 2.17. The minimum absolute atomic E-state index is 0.0675. The van der Waals surface area contributed by atoms with Gasteiger partial charge < -0.3 is 4.74 Å². The molecule has 0 saturated heterocycles. The fourth-order valence-electron chi connectivity index (χ4n) is 2.03. The Hall–Kier alpha value is -2.65. The van der Waals surface area contributed by atoms with E-state index in [1.807, 2.05) is 0 Å². The number of hydrogen-bond acceptors (Lipinski definition) is 5. The Labute approximate surface area is 148 Å². The second-order valence-electron chi connectivity index (χ2n) is 5.16. The molecular formula is C17H15F2NO5S. The summed E-state index contributed by atoms with van der Waals surface area (Å²) in [5, 5.41) is 0. The summed E-state index contributed by atoms with van der Waals surface area (Å²) in [5.41, 5.74) is -0.220. The highest BCUT2D eigenvalue weighted by atomic mass is 32.2. The van der Waals surface area contributed by atoms with Crippen molar-refractivity contribution in [2.24, 2.45) is 0 Å². The standard InChI is InChI=1S/C17H15F2NO5S/c1-2-20-26(23,24)13-5-3-4-12(8-13)17(22)25-10-16(21)11-6-7-14(18)15(19)9-11/h3-9,20H,2,10H2,1H3. The molecule has 0 spiro atoms. The highest BCUT2D eigenvalue weighted by Crippen LogP contribution is 2.13. The van der Waals surface area contributed by atoms with Crippen molar-refractivity contribution in [2.45, 2.75) is 11.8 Å². The molecule has 0 atom stereocenters. The summed E-state index contributed by atoms with van der Waals surface area (Å²) in [4.78, 5) is 23.8. The fraction of sp³-hybridized carbons (Fsp3) is 0.176. The second-order valence-corrected chi connectivity index (χ2v) is 6.92. The first-order chi connectivity index (χ1) is 12.2. The summed E-state index contributed by atoms with van der Waals surface area (Å²) >= 11 is 0. The first-order valence-electron chi connectivity index (χ1n) is 7.49. The largest absolute Gasteiger partial charge is 0.454 e. The van der Waals surface area contributed by atoms with Gasteiger partial charge in [-0.05, 0) is 36.4 Å². The quantitative estimate of drug-likeness (QED) is 0.585. The number of nitrogens with one attached hydrogen (secondary N) is 1. The van der Waals surface area contributed by atoms with Crippen LogP contribution in [0.2, 0.25) is 0 Å². The molecular weight excluding hydrogens is 368 g/mol. The Kier molecular flexibility index (Phi) is 6.17. The van der Waals surface area contributed by atoms with Crippen LogP contribution in [0.4, 0.5) is 8.78 Å². The Morgan fingerprint density at radius 2 is 1.77 bits per heavy atom. The van der Waals surface area contributed by atoms with Crippen molar-refractivity contribution in [1.82, 2.24) is 4.72 Å².